The van der Waals surface area contributed by atoms with Gasteiger partial charge >= 0.3 is 0 Å². The van der Waals surface area contributed by atoms with Crippen LogP contribution < -0.4 is 5.32 Å². The van der Waals surface area contributed by atoms with E-state index in [1.807, 2.05) is 11.0 Å². The van der Waals surface area contributed by atoms with E-state index in [9.17, 15) is 13.2 Å². The molecule has 1 aromatic carbocycles. The molecule has 1 heterocycles. The number of sulfonamides is 1. The van der Waals surface area contributed by atoms with Gasteiger partial charge in [-0.2, -0.15) is 0 Å². The number of anilines is 1. The average Bonchev–Trinajstić information content (AvgIpc) is 2.98. The minimum absolute atomic E-state index is 0.124. The van der Waals surface area contributed by atoms with Crippen LogP contribution in [0.3, 0.4) is 0 Å². The summed E-state index contributed by atoms with van der Waals surface area (Å²) in [6, 6.07) is 7.56. The monoisotopic (exact) mass is 380 g/mol. The Morgan fingerprint density at radius 1 is 1.27 bits per heavy atom. The first-order chi connectivity index (χ1) is 12.1. The summed E-state index contributed by atoms with van der Waals surface area (Å²) in [6.45, 7) is 4.03. The third kappa shape index (κ3) is 4.69. The molecule has 0 saturated heterocycles. The highest BCUT2D eigenvalue weighted by molar-refractivity contribution is 7.89. The molecule has 2 rings (SSSR count). The molecule has 0 unspecified atom stereocenters. The quantitative estimate of drug-likeness (QED) is 0.785. The molecule has 1 amide bonds. The van der Waals surface area contributed by atoms with Crippen LogP contribution in [0.15, 0.2) is 39.8 Å². The van der Waals surface area contributed by atoms with Crippen LogP contribution in [0, 0.1) is 6.92 Å². The van der Waals surface area contributed by atoms with E-state index < -0.39 is 16.1 Å². The summed E-state index contributed by atoms with van der Waals surface area (Å²) in [4.78, 5) is 14.4. The lowest BCUT2D eigenvalue weighted by atomic mass is 10.2. The molecular weight excluding hydrogens is 356 g/mol. The Morgan fingerprint density at radius 3 is 2.54 bits per heavy atom. The molecule has 2 aromatic rings. The number of amides is 1. The summed E-state index contributed by atoms with van der Waals surface area (Å²) in [6.07, 6.45) is 0. The molecule has 0 radical (unpaired) electrons. The topological polar surface area (TPSA) is 95.8 Å². The summed E-state index contributed by atoms with van der Waals surface area (Å²) in [5.41, 5.74) is 1.17. The van der Waals surface area contributed by atoms with Gasteiger partial charge in [-0.1, -0.05) is 11.2 Å². The summed E-state index contributed by atoms with van der Waals surface area (Å²) >= 11 is 0. The molecule has 0 aliphatic rings. The van der Waals surface area contributed by atoms with Crippen molar-refractivity contribution in [1.82, 2.24) is 14.4 Å². The van der Waals surface area contributed by atoms with Crippen molar-refractivity contribution in [3.05, 3.63) is 41.8 Å². The molecule has 1 atom stereocenters. The highest BCUT2D eigenvalue weighted by Crippen LogP contribution is 2.18. The van der Waals surface area contributed by atoms with E-state index in [1.165, 1.54) is 26.2 Å². The highest BCUT2D eigenvalue weighted by Gasteiger charge is 2.21. The predicted molar refractivity (Wildman–Crippen MR) is 98.1 cm³/mol. The van der Waals surface area contributed by atoms with Gasteiger partial charge in [-0.3, -0.25) is 9.69 Å². The lowest BCUT2D eigenvalue weighted by Gasteiger charge is -2.23. The zero-order valence-electron chi connectivity index (χ0n) is 15.6. The van der Waals surface area contributed by atoms with Crippen LogP contribution in [0.4, 0.5) is 5.69 Å². The van der Waals surface area contributed by atoms with E-state index in [1.54, 1.807) is 33.0 Å². The van der Waals surface area contributed by atoms with Crippen LogP contribution >= 0.6 is 0 Å². The number of benzene rings is 1. The Labute approximate surface area is 153 Å². The van der Waals surface area contributed by atoms with Gasteiger partial charge in [0.25, 0.3) is 0 Å². The molecule has 1 aromatic heterocycles. The third-order valence-corrected chi connectivity index (χ3v) is 5.82. The van der Waals surface area contributed by atoms with Crippen molar-refractivity contribution in [2.24, 2.45) is 0 Å². The summed E-state index contributed by atoms with van der Waals surface area (Å²) < 4.78 is 30.6. The van der Waals surface area contributed by atoms with Gasteiger partial charge in [0.15, 0.2) is 0 Å². The molecule has 0 spiro atoms. The Morgan fingerprint density at radius 2 is 1.96 bits per heavy atom. The lowest BCUT2D eigenvalue weighted by Crippen LogP contribution is -2.39. The minimum Gasteiger partial charge on any atom is -0.361 e. The van der Waals surface area contributed by atoms with Gasteiger partial charge in [0.1, 0.15) is 5.76 Å². The maximum Gasteiger partial charge on any atom is 0.242 e. The van der Waals surface area contributed by atoms with E-state index in [0.29, 0.717) is 18.0 Å². The minimum atomic E-state index is -3.56. The van der Waals surface area contributed by atoms with Crippen molar-refractivity contribution >= 4 is 21.6 Å². The van der Waals surface area contributed by atoms with Crippen molar-refractivity contribution in [2.75, 3.05) is 26.5 Å². The summed E-state index contributed by atoms with van der Waals surface area (Å²) in [5.74, 6) is 0.469. The second kappa shape index (κ2) is 7.98. The highest BCUT2D eigenvalue weighted by atomic mass is 32.2. The maximum absolute atomic E-state index is 12.5. The average molecular weight is 380 g/mol. The van der Waals surface area contributed by atoms with Crippen LogP contribution in [0.2, 0.25) is 0 Å². The number of carbonyl (C=O) groups is 1. The number of hydrogen-bond donors (Lipinski definition) is 1. The lowest BCUT2D eigenvalue weighted by molar-refractivity contribution is -0.120. The molecule has 142 valence electrons. The van der Waals surface area contributed by atoms with Crippen LogP contribution in [-0.4, -0.2) is 55.9 Å². The van der Waals surface area contributed by atoms with Gasteiger partial charge < -0.3 is 9.84 Å². The summed E-state index contributed by atoms with van der Waals surface area (Å²) in [5, 5.41) is 6.67. The van der Waals surface area contributed by atoms with Crippen LogP contribution in [0.25, 0.3) is 0 Å². The number of likely N-dealkylation sites (N-methyl/N-ethyl adjacent to an activating group) is 1. The SMILES string of the molecule is Cc1cc(CN(C)[C@@H](C)C(=O)Nc2cccc(S(=O)(=O)N(C)C)c2)no1. The van der Waals surface area contributed by atoms with E-state index in [4.69, 9.17) is 4.52 Å². The molecule has 26 heavy (non-hydrogen) atoms. The van der Waals surface area contributed by atoms with Crippen LogP contribution in [0.5, 0.6) is 0 Å². The van der Waals surface area contributed by atoms with Crippen molar-refractivity contribution in [3.63, 3.8) is 0 Å². The number of aromatic nitrogens is 1. The Kier molecular flexibility index (Phi) is 6.17. The molecule has 0 saturated carbocycles. The fourth-order valence-electron chi connectivity index (χ4n) is 2.28. The molecule has 0 bridgehead atoms. The number of aryl methyl sites for hydroxylation is 1. The fourth-order valence-corrected chi connectivity index (χ4v) is 3.22. The zero-order valence-corrected chi connectivity index (χ0v) is 16.4. The number of nitrogens with one attached hydrogen (secondary N) is 1. The summed E-state index contributed by atoms with van der Waals surface area (Å²) in [7, 11) is 1.17. The molecule has 9 heteroatoms. The van der Waals surface area contributed by atoms with Gasteiger partial charge in [-0.25, -0.2) is 12.7 Å². The molecule has 0 aliphatic heterocycles. The van der Waals surface area contributed by atoms with Crippen molar-refractivity contribution < 1.29 is 17.7 Å². The van der Waals surface area contributed by atoms with E-state index in [0.717, 1.165) is 10.00 Å². The molecular formula is C17H24N4O4S. The number of carbonyl (C=O) groups excluding carboxylic acids is 1. The fraction of sp³-hybridized carbons (Fsp3) is 0.412. The van der Waals surface area contributed by atoms with E-state index in [-0.39, 0.29) is 10.8 Å². The standard InChI is InChI=1S/C17H24N4O4S/c1-12-9-15(19-25-12)11-21(5)13(2)17(22)18-14-7-6-8-16(10-14)26(23,24)20(3)4/h6-10,13H,11H2,1-5H3,(H,18,22)/t13-/m0/s1. The molecule has 1 N–H and O–H groups in total. The third-order valence-electron chi connectivity index (χ3n) is 4.01. The van der Waals surface area contributed by atoms with Gasteiger partial charge in [0, 0.05) is 32.4 Å². The first kappa shape index (κ1) is 20.1. The molecule has 8 nitrogen and oxygen atoms in total. The normalized spacial score (nSPS) is 13.2. The van der Waals surface area contributed by atoms with Gasteiger partial charge in [-0.05, 0) is 39.1 Å². The number of rotatable bonds is 7. The van der Waals surface area contributed by atoms with Crippen molar-refractivity contribution in [1.29, 1.82) is 0 Å². The van der Waals surface area contributed by atoms with Gasteiger partial charge in [0.05, 0.1) is 16.6 Å². The first-order valence-corrected chi connectivity index (χ1v) is 9.51. The number of nitrogens with zero attached hydrogens (tertiary/aromatic N) is 3. The van der Waals surface area contributed by atoms with E-state index >= 15 is 0 Å². The van der Waals surface area contributed by atoms with Crippen molar-refractivity contribution in [3.8, 4) is 0 Å². The first-order valence-electron chi connectivity index (χ1n) is 8.07. The smallest absolute Gasteiger partial charge is 0.242 e. The predicted octanol–water partition coefficient (Wildman–Crippen LogP) is 1.69. The second-order valence-corrected chi connectivity index (χ2v) is 8.48. The van der Waals surface area contributed by atoms with Gasteiger partial charge in [0.2, 0.25) is 15.9 Å². The van der Waals surface area contributed by atoms with Crippen molar-refractivity contribution in [2.45, 2.75) is 31.3 Å². The molecule has 0 aliphatic carbocycles. The Bertz CT molecular complexity index is 876. The maximum atomic E-state index is 12.5. The second-order valence-electron chi connectivity index (χ2n) is 6.32. The van der Waals surface area contributed by atoms with Crippen LogP contribution in [0.1, 0.15) is 18.4 Å². The Hall–Kier alpha value is -2.23. The Balaban J connectivity index is 2.07. The van der Waals surface area contributed by atoms with E-state index in [2.05, 4.69) is 10.5 Å². The zero-order chi connectivity index (χ0) is 19.5. The molecule has 0 fully saturated rings. The van der Waals surface area contributed by atoms with Gasteiger partial charge in [-0.15, -0.1) is 0 Å². The largest absolute Gasteiger partial charge is 0.361 e. The van der Waals surface area contributed by atoms with Crippen LogP contribution in [-0.2, 0) is 21.4 Å². The number of hydrogen-bond acceptors (Lipinski definition) is 6.